The smallest absolute Gasteiger partial charge is 0.0323 e. The van der Waals surface area contributed by atoms with Crippen LogP contribution in [-0.4, -0.2) is 0 Å². The van der Waals surface area contributed by atoms with Gasteiger partial charge in [0.25, 0.3) is 0 Å². The summed E-state index contributed by atoms with van der Waals surface area (Å²) in [4.78, 5) is 0. The van der Waals surface area contributed by atoms with Crippen molar-refractivity contribution in [1.29, 1.82) is 0 Å². The lowest BCUT2D eigenvalue weighted by Crippen LogP contribution is -1.89. The van der Waals surface area contributed by atoms with Crippen molar-refractivity contribution < 1.29 is 0 Å². The zero-order chi connectivity index (χ0) is 13.6. The minimum atomic E-state index is 0.848. The molecule has 0 fully saturated rings. The topological polar surface area (TPSA) is 0 Å². The van der Waals surface area contributed by atoms with E-state index >= 15 is 0 Å². The van der Waals surface area contributed by atoms with Gasteiger partial charge in [-0.05, 0) is 31.6 Å². The van der Waals surface area contributed by atoms with Gasteiger partial charge in [-0.1, -0.05) is 84.3 Å². The van der Waals surface area contributed by atoms with Gasteiger partial charge >= 0.3 is 0 Å². The van der Waals surface area contributed by atoms with E-state index < -0.39 is 0 Å². The number of rotatable bonds is 13. The van der Waals surface area contributed by atoms with Gasteiger partial charge in [0, 0.05) is 0 Å². The van der Waals surface area contributed by atoms with Crippen LogP contribution in [0.5, 0.6) is 0 Å². The Morgan fingerprint density at radius 1 is 0.778 bits per heavy atom. The van der Waals surface area contributed by atoms with E-state index in [0.717, 1.165) is 5.92 Å². The molecule has 0 aliphatic carbocycles. The number of hydrogen-bond donors (Lipinski definition) is 0. The van der Waals surface area contributed by atoms with Crippen molar-refractivity contribution in [1.82, 2.24) is 0 Å². The molecule has 0 N–H and O–H groups in total. The second-order valence-corrected chi connectivity index (χ2v) is 6.26. The van der Waals surface area contributed by atoms with Gasteiger partial charge in [-0.15, -0.1) is 0 Å². The molecule has 108 valence electrons. The van der Waals surface area contributed by atoms with Crippen LogP contribution in [-0.2, 0) is 0 Å². The molecule has 0 rings (SSSR count). The van der Waals surface area contributed by atoms with E-state index in [1.165, 1.54) is 82.6 Å². The van der Waals surface area contributed by atoms with Gasteiger partial charge in [0.05, 0.1) is 0 Å². The molecule has 0 saturated heterocycles. The van der Waals surface area contributed by atoms with Crippen molar-refractivity contribution in [3.05, 3.63) is 12.2 Å². The number of allylic oxidation sites excluding steroid dienone is 1. The Labute approximate surface area is 116 Å². The van der Waals surface area contributed by atoms with Crippen molar-refractivity contribution in [2.75, 3.05) is 0 Å². The van der Waals surface area contributed by atoms with Crippen molar-refractivity contribution in [2.45, 2.75) is 97.8 Å². The quantitative estimate of drug-likeness (QED) is 0.247. The van der Waals surface area contributed by atoms with Crippen LogP contribution >= 0.6 is 0 Å². The summed E-state index contributed by atoms with van der Waals surface area (Å²) in [5.41, 5.74) is 1.49. The maximum atomic E-state index is 4.21. The zero-order valence-corrected chi connectivity index (χ0v) is 13.3. The van der Waals surface area contributed by atoms with Crippen LogP contribution in [0.3, 0.4) is 0 Å². The standard InChI is InChI=1S/C18H36/c1-5-6-7-8-9-10-11-12-15-18(4)16-13-14-17(2)3/h17H,4-16H2,1-3H3. The molecule has 0 atom stereocenters. The minimum absolute atomic E-state index is 0.848. The second kappa shape index (κ2) is 13.2. The van der Waals surface area contributed by atoms with Crippen LogP contribution in [0.25, 0.3) is 0 Å². The first kappa shape index (κ1) is 17.7. The van der Waals surface area contributed by atoms with Crippen molar-refractivity contribution >= 4 is 0 Å². The van der Waals surface area contributed by atoms with Gasteiger partial charge in [-0.2, -0.15) is 0 Å². The monoisotopic (exact) mass is 252 g/mol. The van der Waals surface area contributed by atoms with Crippen molar-refractivity contribution in [2.24, 2.45) is 5.92 Å². The molecular formula is C18H36. The molecule has 0 spiro atoms. The molecule has 18 heavy (non-hydrogen) atoms. The van der Waals surface area contributed by atoms with Crippen LogP contribution < -0.4 is 0 Å². The predicted molar refractivity (Wildman–Crippen MR) is 85.1 cm³/mol. The van der Waals surface area contributed by atoms with Crippen LogP contribution in [0.1, 0.15) is 97.8 Å². The summed E-state index contributed by atoms with van der Waals surface area (Å²) < 4.78 is 0. The Bertz CT molecular complexity index is 178. The van der Waals surface area contributed by atoms with E-state index in [2.05, 4.69) is 27.4 Å². The van der Waals surface area contributed by atoms with Crippen LogP contribution in [0.15, 0.2) is 12.2 Å². The lowest BCUT2D eigenvalue weighted by molar-refractivity contribution is 0.543. The van der Waals surface area contributed by atoms with Gasteiger partial charge < -0.3 is 0 Å². The molecular weight excluding hydrogens is 216 g/mol. The predicted octanol–water partition coefficient (Wildman–Crippen LogP) is 6.90. The molecule has 0 aromatic carbocycles. The molecule has 0 aromatic rings. The van der Waals surface area contributed by atoms with Crippen LogP contribution in [0.2, 0.25) is 0 Å². The molecule has 0 heteroatoms. The molecule has 0 heterocycles. The second-order valence-electron chi connectivity index (χ2n) is 6.26. The van der Waals surface area contributed by atoms with Gasteiger partial charge in [0.15, 0.2) is 0 Å². The summed E-state index contributed by atoms with van der Waals surface area (Å²) in [6.07, 6.45) is 16.6. The Morgan fingerprint density at radius 3 is 1.83 bits per heavy atom. The molecule has 0 aliphatic rings. The third kappa shape index (κ3) is 13.8. The summed E-state index contributed by atoms with van der Waals surface area (Å²) in [6, 6.07) is 0. The average molecular weight is 252 g/mol. The molecule has 0 nitrogen and oxygen atoms in total. The van der Waals surface area contributed by atoms with Gasteiger partial charge in [-0.3, -0.25) is 0 Å². The number of hydrogen-bond acceptors (Lipinski definition) is 0. The number of unbranched alkanes of at least 4 members (excludes halogenated alkanes) is 7. The van der Waals surface area contributed by atoms with E-state index in [9.17, 15) is 0 Å². The lowest BCUT2D eigenvalue weighted by atomic mass is 9.99. The summed E-state index contributed by atoms with van der Waals surface area (Å²) in [7, 11) is 0. The van der Waals surface area contributed by atoms with E-state index in [0.29, 0.717) is 0 Å². The maximum absolute atomic E-state index is 4.21. The highest BCUT2D eigenvalue weighted by atomic mass is 14.0. The van der Waals surface area contributed by atoms with Crippen LogP contribution in [0.4, 0.5) is 0 Å². The third-order valence-corrected chi connectivity index (χ3v) is 3.70. The van der Waals surface area contributed by atoms with Gasteiger partial charge in [-0.25, -0.2) is 0 Å². The fourth-order valence-electron chi connectivity index (χ4n) is 2.39. The fraction of sp³-hybridized carbons (Fsp3) is 0.889. The molecule has 0 aliphatic heterocycles. The van der Waals surface area contributed by atoms with Crippen LogP contribution in [0, 0.1) is 5.92 Å². The van der Waals surface area contributed by atoms with Gasteiger partial charge in [0.2, 0.25) is 0 Å². The lowest BCUT2D eigenvalue weighted by Gasteiger charge is -2.07. The largest absolute Gasteiger partial charge is 0.0999 e. The summed E-state index contributed by atoms with van der Waals surface area (Å²) in [5, 5.41) is 0. The Hall–Kier alpha value is -0.260. The third-order valence-electron chi connectivity index (χ3n) is 3.70. The molecule has 0 radical (unpaired) electrons. The Morgan fingerprint density at radius 2 is 1.28 bits per heavy atom. The zero-order valence-electron chi connectivity index (χ0n) is 13.3. The van der Waals surface area contributed by atoms with E-state index in [1.807, 2.05) is 0 Å². The maximum Gasteiger partial charge on any atom is -0.0323 e. The fourth-order valence-corrected chi connectivity index (χ4v) is 2.39. The molecule has 0 unspecified atom stereocenters. The summed E-state index contributed by atoms with van der Waals surface area (Å²) >= 11 is 0. The van der Waals surface area contributed by atoms with E-state index in [-0.39, 0.29) is 0 Å². The first-order valence-electron chi connectivity index (χ1n) is 8.33. The summed E-state index contributed by atoms with van der Waals surface area (Å²) in [5.74, 6) is 0.848. The molecule has 0 bridgehead atoms. The average Bonchev–Trinajstić information content (AvgIpc) is 2.32. The molecule has 0 aromatic heterocycles. The van der Waals surface area contributed by atoms with Gasteiger partial charge in [0.1, 0.15) is 0 Å². The molecule has 0 saturated carbocycles. The minimum Gasteiger partial charge on any atom is -0.0999 e. The Balaban J connectivity index is 3.15. The first-order valence-corrected chi connectivity index (χ1v) is 8.33. The van der Waals surface area contributed by atoms with E-state index in [4.69, 9.17) is 0 Å². The molecule has 0 amide bonds. The van der Waals surface area contributed by atoms with E-state index in [1.54, 1.807) is 0 Å². The highest BCUT2D eigenvalue weighted by Gasteiger charge is 1.98. The summed E-state index contributed by atoms with van der Waals surface area (Å²) in [6.45, 7) is 11.1. The van der Waals surface area contributed by atoms with Crippen molar-refractivity contribution in [3.8, 4) is 0 Å². The van der Waals surface area contributed by atoms with Crippen molar-refractivity contribution in [3.63, 3.8) is 0 Å². The normalized spacial score (nSPS) is 11.1. The highest BCUT2D eigenvalue weighted by Crippen LogP contribution is 2.17. The Kier molecular flexibility index (Phi) is 13.0. The SMILES string of the molecule is C=C(CCCCCCCCCC)CCCC(C)C. The highest BCUT2D eigenvalue weighted by molar-refractivity contribution is 4.93. The first-order chi connectivity index (χ1) is 8.66.